The van der Waals surface area contributed by atoms with Gasteiger partial charge in [0.15, 0.2) is 6.10 Å². The van der Waals surface area contributed by atoms with Gasteiger partial charge < -0.3 is 14.4 Å². The van der Waals surface area contributed by atoms with Crippen LogP contribution in [0, 0.1) is 5.92 Å². The Labute approximate surface area is 183 Å². The fourth-order valence-corrected chi connectivity index (χ4v) is 3.90. The molecule has 1 heterocycles. The highest BCUT2D eigenvalue weighted by molar-refractivity contribution is 5.87. The van der Waals surface area contributed by atoms with Crippen molar-refractivity contribution in [3.8, 4) is 0 Å². The predicted octanol–water partition coefficient (Wildman–Crippen LogP) is 3.55. The van der Waals surface area contributed by atoms with Crippen molar-refractivity contribution in [3.05, 3.63) is 71.8 Å². The van der Waals surface area contributed by atoms with E-state index in [1.165, 1.54) is 0 Å². The third kappa shape index (κ3) is 5.72. The molecule has 3 rings (SSSR count). The molecule has 31 heavy (non-hydrogen) atoms. The summed E-state index contributed by atoms with van der Waals surface area (Å²) in [6, 6.07) is 18.8. The maximum atomic E-state index is 13.1. The second kappa shape index (κ2) is 10.8. The van der Waals surface area contributed by atoms with Crippen LogP contribution in [0.4, 0.5) is 0 Å². The van der Waals surface area contributed by atoms with Crippen LogP contribution in [0.15, 0.2) is 60.7 Å². The van der Waals surface area contributed by atoms with Gasteiger partial charge in [0.1, 0.15) is 5.92 Å². The Morgan fingerprint density at radius 1 is 0.935 bits per heavy atom. The van der Waals surface area contributed by atoms with Gasteiger partial charge in [-0.1, -0.05) is 60.7 Å². The Bertz CT molecular complexity index is 836. The highest BCUT2D eigenvalue weighted by Crippen LogP contribution is 2.27. The minimum absolute atomic E-state index is 0.178. The topological polar surface area (TPSA) is 72.9 Å². The Balaban J connectivity index is 1.64. The molecule has 6 nitrogen and oxygen atoms in total. The molecule has 2 aromatic carbocycles. The van der Waals surface area contributed by atoms with Gasteiger partial charge in [-0.05, 0) is 37.8 Å². The minimum atomic E-state index is -0.901. The lowest BCUT2D eigenvalue weighted by Crippen LogP contribution is -2.45. The molecule has 0 unspecified atom stereocenters. The highest BCUT2D eigenvalue weighted by Gasteiger charge is 2.33. The molecule has 0 aromatic heterocycles. The number of carbonyl (C=O) groups is 3. The lowest BCUT2D eigenvalue weighted by atomic mass is 9.91. The van der Waals surface area contributed by atoms with Crippen molar-refractivity contribution < 1.29 is 23.9 Å². The van der Waals surface area contributed by atoms with Crippen molar-refractivity contribution in [1.82, 2.24) is 4.90 Å². The van der Waals surface area contributed by atoms with Gasteiger partial charge in [-0.25, -0.2) is 0 Å². The number of ether oxygens (including phenoxy) is 2. The molecule has 1 saturated heterocycles. The van der Waals surface area contributed by atoms with Crippen molar-refractivity contribution in [1.29, 1.82) is 0 Å². The molecule has 6 heteroatoms. The van der Waals surface area contributed by atoms with E-state index in [0.717, 1.165) is 11.1 Å². The lowest BCUT2D eigenvalue weighted by molar-refractivity contribution is -0.161. The summed E-state index contributed by atoms with van der Waals surface area (Å²) in [5.74, 6) is -1.69. The van der Waals surface area contributed by atoms with Crippen molar-refractivity contribution in [3.63, 3.8) is 0 Å². The maximum absolute atomic E-state index is 13.1. The van der Waals surface area contributed by atoms with E-state index < -0.39 is 18.0 Å². The zero-order valence-electron chi connectivity index (χ0n) is 18.0. The van der Waals surface area contributed by atoms with Crippen LogP contribution in [0.1, 0.15) is 43.7 Å². The number of amides is 1. The first-order valence-electron chi connectivity index (χ1n) is 10.8. The van der Waals surface area contributed by atoms with E-state index >= 15 is 0 Å². The van der Waals surface area contributed by atoms with Crippen LogP contribution in [0.2, 0.25) is 0 Å². The molecule has 0 saturated carbocycles. The van der Waals surface area contributed by atoms with E-state index in [4.69, 9.17) is 9.47 Å². The molecule has 0 radical (unpaired) electrons. The lowest BCUT2D eigenvalue weighted by Gasteiger charge is -2.32. The fourth-order valence-electron chi connectivity index (χ4n) is 3.90. The number of esters is 2. The van der Waals surface area contributed by atoms with Gasteiger partial charge in [0, 0.05) is 13.1 Å². The van der Waals surface area contributed by atoms with Gasteiger partial charge in [0.05, 0.1) is 12.5 Å². The Morgan fingerprint density at radius 2 is 1.45 bits per heavy atom. The molecule has 0 spiro atoms. The summed E-state index contributed by atoms with van der Waals surface area (Å²) in [6.45, 7) is 4.64. The third-order valence-corrected chi connectivity index (χ3v) is 5.57. The number of hydrogen-bond acceptors (Lipinski definition) is 5. The number of benzene rings is 2. The van der Waals surface area contributed by atoms with Crippen LogP contribution in [-0.2, 0) is 23.9 Å². The van der Waals surface area contributed by atoms with E-state index in [-0.39, 0.29) is 17.8 Å². The quantitative estimate of drug-likeness (QED) is 0.637. The van der Waals surface area contributed by atoms with Crippen molar-refractivity contribution in [2.75, 3.05) is 19.7 Å². The second-order valence-corrected chi connectivity index (χ2v) is 7.69. The summed E-state index contributed by atoms with van der Waals surface area (Å²) in [4.78, 5) is 39.5. The van der Waals surface area contributed by atoms with Gasteiger partial charge in [-0.2, -0.15) is 0 Å². The molecule has 164 valence electrons. The first kappa shape index (κ1) is 22.5. The molecule has 1 atom stereocenters. The molecule has 1 fully saturated rings. The van der Waals surface area contributed by atoms with Crippen LogP contribution in [0.25, 0.3) is 0 Å². The first-order chi connectivity index (χ1) is 15.0. The second-order valence-electron chi connectivity index (χ2n) is 7.69. The predicted molar refractivity (Wildman–Crippen MR) is 116 cm³/mol. The zero-order valence-corrected chi connectivity index (χ0v) is 18.0. The number of rotatable bonds is 7. The molecular weight excluding hydrogens is 394 g/mol. The number of likely N-dealkylation sites (tertiary alicyclic amines) is 1. The van der Waals surface area contributed by atoms with Crippen LogP contribution >= 0.6 is 0 Å². The van der Waals surface area contributed by atoms with E-state index in [2.05, 4.69) is 0 Å². The number of carbonyl (C=O) groups excluding carboxylic acids is 3. The van der Waals surface area contributed by atoms with Crippen molar-refractivity contribution >= 4 is 17.8 Å². The minimum Gasteiger partial charge on any atom is -0.466 e. The van der Waals surface area contributed by atoms with Gasteiger partial charge >= 0.3 is 11.9 Å². The zero-order chi connectivity index (χ0) is 22.2. The van der Waals surface area contributed by atoms with Gasteiger partial charge in [0.25, 0.3) is 5.91 Å². The normalized spacial score (nSPS) is 15.4. The number of piperidine rings is 1. The van der Waals surface area contributed by atoms with E-state index in [9.17, 15) is 14.4 Å². The fraction of sp³-hybridized carbons (Fsp3) is 0.400. The van der Waals surface area contributed by atoms with E-state index in [1.54, 1.807) is 18.7 Å². The molecular formula is C25H29NO5. The van der Waals surface area contributed by atoms with Crippen LogP contribution in [0.3, 0.4) is 0 Å². The van der Waals surface area contributed by atoms with Gasteiger partial charge in [-0.15, -0.1) is 0 Å². The van der Waals surface area contributed by atoms with E-state index in [0.29, 0.717) is 32.5 Å². The molecule has 0 N–H and O–H groups in total. The van der Waals surface area contributed by atoms with Crippen molar-refractivity contribution in [2.45, 2.75) is 38.7 Å². The summed E-state index contributed by atoms with van der Waals surface area (Å²) in [7, 11) is 0. The Morgan fingerprint density at radius 3 is 1.94 bits per heavy atom. The van der Waals surface area contributed by atoms with Crippen LogP contribution < -0.4 is 0 Å². The maximum Gasteiger partial charge on any atom is 0.318 e. The summed E-state index contributed by atoms with van der Waals surface area (Å²) in [5, 5.41) is 0. The average molecular weight is 424 g/mol. The standard InChI is InChI=1S/C25H29NO5/c1-3-30-24(28)21-14-16-26(17-15-21)23(27)18(2)31-25(29)22(19-10-6-4-7-11-19)20-12-8-5-9-13-20/h4-13,18,21-22H,3,14-17H2,1-2H3/t18-/m0/s1. The molecule has 1 aliphatic rings. The average Bonchev–Trinajstić information content (AvgIpc) is 2.80. The first-order valence-corrected chi connectivity index (χ1v) is 10.8. The largest absolute Gasteiger partial charge is 0.466 e. The van der Waals surface area contributed by atoms with Crippen molar-refractivity contribution in [2.24, 2.45) is 5.92 Å². The number of hydrogen-bond donors (Lipinski definition) is 0. The Hall–Kier alpha value is -3.15. The molecule has 0 aliphatic carbocycles. The summed E-state index contributed by atoms with van der Waals surface area (Å²) in [6.07, 6.45) is 0.214. The van der Waals surface area contributed by atoms with Gasteiger partial charge in [0.2, 0.25) is 0 Å². The molecule has 1 amide bonds. The monoisotopic (exact) mass is 423 g/mol. The Kier molecular flexibility index (Phi) is 7.82. The SMILES string of the molecule is CCOC(=O)C1CCN(C(=O)[C@H](C)OC(=O)C(c2ccccc2)c2ccccc2)CC1. The molecule has 2 aromatic rings. The summed E-state index contributed by atoms with van der Waals surface area (Å²) >= 11 is 0. The summed E-state index contributed by atoms with van der Waals surface area (Å²) < 4.78 is 10.7. The number of nitrogens with zero attached hydrogens (tertiary/aromatic N) is 1. The highest BCUT2D eigenvalue weighted by atomic mass is 16.5. The van der Waals surface area contributed by atoms with E-state index in [1.807, 2.05) is 60.7 Å². The van der Waals surface area contributed by atoms with Crippen LogP contribution in [-0.4, -0.2) is 48.5 Å². The smallest absolute Gasteiger partial charge is 0.318 e. The summed E-state index contributed by atoms with van der Waals surface area (Å²) in [5.41, 5.74) is 1.63. The molecule has 1 aliphatic heterocycles. The van der Waals surface area contributed by atoms with Crippen LogP contribution in [0.5, 0.6) is 0 Å². The third-order valence-electron chi connectivity index (χ3n) is 5.57. The molecule has 0 bridgehead atoms. The van der Waals surface area contributed by atoms with Gasteiger partial charge in [-0.3, -0.25) is 14.4 Å².